The van der Waals surface area contributed by atoms with E-state index in [4.69, 9.17) is 4.74 Å². The van der Waals surface area contributed by atoms with Crippen molar-refractivity contribution in [3.05, 3.63) is 53.6 Å². The molecule has 3 rings (SSSR count). The summed E-state index contributed by atoms with van der Waals surface area (Å²) in [4.78, 5) is 11.9. The lowest BCUT2D eigenvalue weighted by molar-refractivity contribution is 0.0982. The molecule has 0 N–H and O–H groups in total. The summed E-state index contributed by atoms with van der Waals surface area (Å²) in [6, 6.07) is 7.35. The molecule has 68 valence electrons. The Balaban J connectivity index is 2.18. The number of hydrogen-bond donors (Lipinski definition) is 0. The molecule has 1 aliphatic carbocycles. The quantitative estimate of drug-likeness (QED) is 0.617. The van der Waals surface area contributed by atoms with Gasteiger partial charge in [0.15, 0.2) is 5.78 Å². The van der Waals surface area contributed by atoms with Gasteiger partial charge in [0.05, 0.1) is 5.56 Å². The standard InChI is InChI=1S/C12H8O2/c13-12-8-4-1-2-6-10(8)14-11-7-3-5-9(11)12/h1-7,11H. The minimum atomic E-state index is -0.169. The molecule has 1 heterocycles. The van der Waals surface area contributed by atoms with Gasteiger partial charge >= 0.3 is 0 Å². The number of ketones is 1. The number of ether oxygens (including phenoxy) is 1. The van der Waals surface area contributed by atoms with E-state index in [1.54, 1.807) is 6.07 Å². The van der Waals surface area contributed by atoms with Gasteiger partial charge in [-0.2, -0.15) is 0 Å². The third-order valence-corrected chi connectivity index (χ3v) is 2.52. The van der Waals surface area contributed by atoms with Crippen LogP contribution >= 0.6 is 0 Å². The molecule has 2 heteroatoms. The molecular formula is C12H8O2. The predicted molar refractivity (Wildman–Crippen MR) is 52.4 cm³/mol. The number of benzene rings is 1. The highest BCUT2D eigenvalue weighted by Gasteiger charge is 2.31. The van der Waals surface area contributed by atoms with Crippen molar-refractivity contribution in [2.45, 2.75) is 6.10 Å². The molecule has 0 saturated carbocycles. The lowest BCUT2D eigenvalue weighted by atomic mass is 9.97. The van der Waals surface area contributed by atoms with E-state index in [-0.39, 0.29) is 11.9 Å². The first-order valence-corrected chi connectivity index (χ1v) is 4.55. The number of fused-ring (bicyclic) bond motifs is 2. The molecule has 1 aromatic rings. The molecule has 14 heavy (non-hydrogen) atoms. The van der Waals surface area contributed by atoms with Gasteiger partial charge in [-0.15, -0.1) is 0 Å². The second-order valence-corrected chi connectivity index (χ2v) is 3.37. The fourth-order valence-corrected chi connectivity index (χ4v) is 1.82. The summed E-state index contributed by atoms with van der Waals surface area (Å²) in [6.07, 6.45) is 5.41. The zero-order valence-electron chi connectivity index (χ0n) is 7.44. The van der Waals surface area contributed by atoms with Crippen molar-refractivity contribution in [2.24, 2.45) is 0 Å². The molecule has 1 aromatic carbocycles. The van der Waals surface area contributed by atoms with Gasteiger partial charge in [0.1, 0.15) is 11.9 Å². The summed E-state index contributed by atoms with van der Waals surface area (Å²) in [5, 5.41) is 0. The van der Waals surface area contributed by atoms with Crippen LogP contribution in [0.2, 0.25) is 0 Å². The summed E-state index contributed by atoms with van der Waals surface area (Å²) in [7, 11) is 0. The molecule has 0 fully saturated rings. The third-order valence-electron chi connectivity index (χ3n) is 2.52. The molecular weight excluding hydrogens is 176 g/mol. The zero-order valence-corrected chi connectivity index (χ0v) is 7.44. The van der Waals surface area contributed by atoms with E-state index in [1.807, 2.05) is 36.4 Å². The van der Waals surface area contributed by atoms with Crippen molar-refractivity contribution in [1.82, 2.24) is 0 Å². The number of para-hydroxylation sites is 1. The van der Waals surface area contributed by atoms with Crippen molar-refractivity contribution >= 4 is 5.78 Å². The van der Waals surface area contributed by atoms with Crippen LogP contribution in [0.5, 0.6) is 5.75 Å². The number of hydrogen-bond acceptors (Lipinski definition) is 2. The largest absolute Gasteiger partial charge is 0.481 e. The van der Waals surface area contributed by atoms with E-state index in [0.29, 0.717) is 11.3 Å². The molecule has 0 bridgehead atoms. The van der Waals surface area contributed by atoms with Crippen molar-refractivity contribution < 1.29 is 9.53 Å². The Morgan fingerprint density at radius 1 is 1.21 bits per heavy atom. The van der Waals surface area contributed by atoms with E-state index < -0.39 is 0 Å². The maximum Gasteiger partial charge on any atom is 0.196 e. The van der Waals surface area contributed by atoms with E-state index >= 15 is 0 Å². The van der Waals surface area contributed by atoms with E-state index in [2.05, 4.69) is 0 Å². The molecule has 1 unspecified atom stereocenters. The SMILES string of the molecule is O=C1C2=CC=CC2Oc2ccccc21. The fraction of sp³-hybridized carbons (Fsp3) is 0.0833. The molecule has 0 saturated heterocycles. The average molecular weight is 184 g/mol. The van der Waals surface area contributed by atoms with Gasteiger partial charge in [-0.1, -0.05) is 24.3 Å². The zero-order chi connectivity index (χ0) is 9.54. The topological polar surface area (TPSA) is 26.3 Å². The molecule has 0 aromatic heterocycles. The summed E-state index contributed by atoms with van der Waals surface area (Å²) in [6.45, 7) is 0. The highest BCUT2D eigenvalue weighted by Crippen LogP contribution is 2.32. The second kappa shape index (κ2) is 2.58. The van der Waals surface area contributed by atoms with Crippen LogP contribution in [0.4, 0.5) is 0 Å². The first-order chi connectivity index (χ1) is 6.86. The Hall–Kier alpha value is -1.83. The van der Waals surface area contributed by atoms with Gasteiger partial charge < -0.3 is 4.74 Å². The molecule has 1 atom stereocenters. The normalized spacial score (nSPS) is 22.4. The van der Waals surface area contributed by atoms with Gasteiger partial charge in [-0.3, -0.25) is 4.79 Å². The molecule has 1 aliphatic heterocycles. The van der Waals surface area contributed by atoms with Gasteiger partial charge in [-0.05, 0) is 18.2 Å². The summed E-state index contributed by atoms with van der Waals surface area (Å²) in [5.74, 6) is 0.771. The molecule has 2 aliphatic rings. The van der Waals surface area contributed by atoms with Crippen molar-refractivity contribution in [3.8, 4) is 5.75 Å². The van der Waals surface area contributed by atoms with Crippen LogP contribution in [0.15, 0.2) is 48.1 Å². The van der Waals surface area contributed by atoms with Crippen LogP contribution < -0.4 is 4.74 Å². The van der Waals surface area contributed by atoms with Crippen molar-refractivity contribution in [1.29, 1.82) is 0 Å². The molecule has 0 spiro atoms. The minimum Gasteiger partial charge on any atom is -0.481 e. The number of rotatable bonds is 0. The van der Waals surface area contributed by atoms with E-state index in [1.165, 1.54) is 0 Å². The third kappa shape index (κ3) is 0.880. The lowest BCUT2D eigenvalue weighted by Crippen LogP contribution is -2.26. The van der Waals surface area contributed by atoms with Crippen LogP contribution in [0.3, 0.4) is 0 Å². The van der Waals surface area contributed by atoms with Gasteiger partial charge in [-0.25, -0.2) is 0 Å². The van der Waals surface area contributed by atoms with Gasteiger partial charge in [0.25, 0.3) is 0 Å². The second-order valence-electron chi connectivity index (χ2n) is 3.37. The fourth-order valence-electron chi connectivity index (χ4n) is 1.82. The first-order valence-electron chi connectivity index (χ1n) is 4.55. The molecule has 2 nitrogen and oxygen atoms in total. The highest BCUT2D eigenvalue weighted by atomic mass is 16.5. The maximum atomic E-state index is 11.9. The minimum absolute atomic E-state index is 0.0850. The first kappa shape index (κ1) is 7.56. The van der Waals surface area contributed by atoms with E-state index in [9.17, 15) is 4.79 Å². The van der Waals surface area contributed by atoms with Crippen LogP contribution in [0, 0.1) is 0 Å². The Morgan fingerprint density at radius 2 is 2.07 bits per heavy atom. The van der Waals surface area contributed by atoms with Crippen LogP contribution in [0.1, 0.15) is 10.4 Å². The molecule has 0 radical (unpaired) electrons. The average Bonchev–Trinajstić information content (AvgIpc) is 2.66. The Morgan fingerprint density at radius 3 is 3.00 bits per heavy atom. The number of carbonyl (C=O) groups is 1. The number of carbonyl (C=O) groups excluding carboxylic acids is 1. The highest BCUT2D eigenvalue weighted by molar-refractivity contribution is 6.13. The van der Waals surface area contributed by atoms with E-state index in [0.717, 1.165) is 5.57 Å². The summed E-state index contributed by atoms with van der Waals surface area (Å²) >= 11 is 0. The Labute approximate surface area is 81.5 Å². The monoisotopic (exact) mass is 184 g/mol. The number of allylic oxidation sites excluding steroid dienone is 2. The Bertz CT molecular complexity index is 469. The van der Waals surface area contributed by atoms with Crippen LogP contribution in [-0.4, -0.2) is 11.9 Å². The summed E-state index contributed by atoms with van der Waals surface area (Å²) in [5.41, 5.74) is 1.41. The molecule has 0 amide bonds. The van der Waals surface area contributed by atoms with Crippen molar-refractivity contribution in [3.63, 3.8) is 0 Å². The Kier molecular flexibility index (Phi) is 1.39. The summed E-state index contributed by atoms with van der Waals surface area (Å²) < 4.78 is 5.65. The van der Waals surface area contributed by atoms with Crippen LogP contribution in [0.25, 0.3) is 0 Å². The smallest absolute Gasteiger partial charge is 0.196 e. The number of Topliss-reactive ketones (excluding diaryl/α,β-unsaturated/α-hetero) is 1. The lowest BCUT2D eigenvalue weighted by Gasteiger charge is -2.23. The van der Waals surface area contributed by atoms with Gasteiger partial charge in [0.2, 0.25) is 0 Å². The predicted octanol–water partition coefficient (Wildman–Crippen LogP) is 2.13. The van der Waals surface area contributed by atoms with Crippen LogP contribution in [-0.2, 0) is 0 Å². The maximum absolute atomic E-state index is 11.9. The van der Waals surface area contributed by atoms with Crippen molar-refractivity contribution in [2.75, 3.05) is 0 Å². The van der Waals surface area contributed by atoms with Gasteiger partial charge in [0, 0.05) is 5.57 Å².